The first kappa shape index (κ1) is 23.5. The van der Waals surface area contributed by atoms with Crippen LogP contribution in [0.2, 0.25) is 0 Å². The van der Waals surface area contributed by atoms with E-state index < -0.39 is 0 Å². The zero-order chi connectivity index (χ0) is 24.6. The second-order valence-corrected chi connectivity index (χ2v) is 11.5. The number of likely N-dealkylation sites (N-methyl/N-ethyl adjacent to an activating group) is 1. The van der Waals surface area contributed by atoms with Crippen LogP contribution in [0.25, 0.3) is 20.4 Å². The monoisotopic (exact) mass is 524 g/mol. The van der Waals surface area contributed by atoms with E-state index in [1.807, 2.05) is 30.1 Å². The lowest BCUT2D eigenvalue weighted by Crippen LogP contribution is -2.43. The van der Waals surface area contributed by atoms with Crippen LogP contribution in [-0.2, 0) is 22.4 Å². The van der Waals surface area contributed by atoms with Crippen LogP contribution in [0.15, 0.2) is 29.3 Å². The molecule has 2 N–H and O–H groups in total. The number of thiazole rings is 1. The van der Waals surface area contributed by atoms with E-state index >= 15 is 0 Å². The molecule has 0 bridgehead atoms. The second kappa shape index (κ2) is 9.89. The summed E-state index contributed by atoms with van der Waals surface area (Å²) in [4.78, 5) is 43.2. The average molecular weight is 525 g/mol. The van der Waals surface area contributed by atoms with Crippen LogP contribution in [0.5, 0.6) is 0 Å². The van der Waals surface area contributed by atoms with Crippen molar-refractivity contribution in [2.75, 3.05) is 51.8 Å². The van der Waals surface area contributed by atoms with E-state index in [9.17, 15) is 9.59 Å². The Labute approximate surface area is 216 Å². The predicted molar refractivity (Wildman–Crippen MR) is 144 cm³/mol. The number of morpholine rings is 1. The number of anilines is 2. The molecule has 1 aliphatic carbocycles. The molecule has 1 saturated heterocycles. The summed E-state index contributed by atoms with van der Waals surface area (Å²) in [7, 11) is 1.93. The number of hydrogen-bond donors (Lipinski definition) is 2. The van der Waals surface area contributed by atoms with E-state index in [1.54, 1.807) is 17.7 Å². The summed E-state index contributed by atoms with van der Waals surface area (Å²) in [6.45, 7) is 5.06. The van der Waals surface area contributed by atoms with E-state index in [0.717, 1.165) is 90.6 Å². The molecule has 0 spiro atoms. The molecule has 0 radical (unpaired) electrons. The molecule has 1 amide bonds. The second-order valence-electron chi connectivity index (χ2n) is 9.41. The molecule has 1 fully saturated rings. The topological polar surface area (TPSA) is 103 Å². The zero-order valence-electron chi connectivity index (χ0n) is 20.1. The number of carbonyl (C=O) groups excluding carboxylic acids is 1. The van der Waals surface area contributed by atoms with Gasteiger partial charge in [0.25, 0.3) is 0 Å². The van der Waals surface area contributed by atoms with Crippen LogP contribution in [0.4, 0.5) is 11.5 Å². The van der Waals surface area contributed by atoms with Crippen molar-refractivity contribution in [1.29, 1.82) is 0 Å². The Balaban J connectivity index is 1.18. The number of hydrogen-bond acceptors (Lipinski definition) is 9. The predicted octanol–water partition coefficient (Wildman–Crippen LogP) is 3.23. The van der Waals surface area contributed by atoms with Crippen LogP contribution in [0, 0.1) is 5.92 Å². The van der Waals surface area contributed by atoms with Gasteiger partial charge in [-0.05, 0) is 43.0 Å². The van der Waals surface area contributed by atoms with E-state index in [4.69, 9.17) is 4.74 Å². The molecule has 188 valence electrons. The first-order valence-corrected chi connectivity index (χ1v) is 13.9. The highest BCUT2D eigenvalue weighted by atomic mass is 32.1. The Bertz CT molecular complexity index is 1470. The molecule has 36 heavy (non-hydrogen) atoms. The van der Waals surface area contributed by atoms with Crippen molar-refractivity contribution >= 4 is 60.5 Å². The number of ether oxygens (including phenoxy) is 1. The fourth-order valence-corrected chi connectivity index (χ4v) is 7.16. The molecular formula is C25H28N6O3S2. The van der Waals surface area contributed by atoms with Crippen molar-refractivity contribution in [2.24, 2.45) is 5.92 Å². The number of fused-ring (bicyclic) bond motifs is 4. The van der Waals surface area contributed by atoms with Crippen LogP contribution in [0.1, 0.15) is 16.9 Å². The summed E-state index contributed by atoms with van der Waals surface area (Å²) in [6, 6.07) is 5.81. The molecule has 1 atom stereocenters. The van der Waals surface area contributed by atoms with Gasteiger partial charge >= 0.3 is 4.87 Å². The molecule has 1 aromatic carbocycles. The summed E-state index contributed by atoms with van der Waals surface area (Å²) in [5, 5.41) is 4.49. The molecule has 4 heterocycles. The highest BCUT2D eigenvalue weighted by Gasteiger charge is 2.31. The Morgan fingerprint density at radius 3 is 3.00 bits per heavy atom. The van der Waals surface area contributed by atoms with Gasteiger partial charge in [-0.25, -0.2) is 9.97 Å². The van der Waals surface area contributed by atoms with Gasteiger partial charge in [0.2, 0.25) is 5.91 Å². The Kier molecular flexibility index (Phi) is 6.46. The average Bonchev–Trinajstić information content (AvgIpc) is 3.46. The Hall–Kier alpha value is -2.86. The summed E-state index contributed by atoms with van der Waals surface area (Å²) < 4.78 is 6.32. The number of amides is 1. The third kappa shape index (κ3) is 4.63. The fourth-order valence-electron chi connectivity index (χ4n) is 5.11. The Morgan fingerprint density at radius 1 is 1.28 bits per heavy atom. The number of benzene rings is 1. The number of rotatable bonds is 6. The zero-order valence-corrected chi connectivity index (χ0v) is 21.7. The lowest BCUT2D eigenvalue weighted by Gasteiger charge is -2.30. The number of thiophene rings is 1. The highest BCUT2D eigenvalue weighted by Crippen LogP contribution is 2.41. The van der Waals surface area contributed by atoms with Gasteiger partial charge in [-0.3, -0.25) is 14.5 Å². The summed E-state index contributed by atoms with van der Waals surface area (Å²) >= 11 is 2.87. The van der Waals surface area contributed by atoms with Crippen molar-refractivity contribution in [2.45, 2.75) is 19.3 Å². The van der Waals surface area contributed by atoms with E-state index in [0.29, 0.717) is 0 Å². The van der Waals surface area contributed by atoms with Crippen LogP contribution >= 0.6 is 22.7 Å². The molecule has 1 unspecified atom stereocenters. The van der Waals surface area contributed by atoms with Crippen molar-refractivity contribution in [3.8, 4) is 0 Å². The summed E-state index contributed by atoms with van der Waals surface area (Å²) in [5.41, 5.74) is 2.97. The maximum atomic E-state index is 13.2. The minimum atomic E-state index is -0.0608. The molecular weight excluding hydrogens is 496 g/mol. The molecule has 9 nitrogen and oxygen atoms in total. The molecule has 4 aromatic rings. The van der Waals surface area contributed by atoms with Gasteiger partial charge in [-0.2, -0.15) is 0 Å². The number of aryl methyl sites for hydroxylation is 1. The quantitative estimate of drug-likeness (QED) is 0.399. The van der Waals surface area contributed by atoms with Gasteiger partial charge in [0, 0.05) is 49.7 Å². The van der Waals surface area contributed by atoms with Crippen molar-refractivity contribution < 1.29 is 9.53 Å². The number of aromatic nitrogens is 3. The highest BCUT2D eigenvalue weighted by molar-refractivity contribution is 7.19. The van der Waals surface area contributed by atoms with Gasteiger partial charge in [-0.1, -0.05) is 11.3 Å². The van der Waals surface area contributed by atoms with Gasteiger partial charge in [0.15, 0.2) is 0 Å². The van der Waals surface area contributed by atoms with Crippen LogP contribution < -0.4 is 10.2 Å². The molecule has 0 saturated carbocycles. The smallest absolute Gasteiger partial charge is 0.305 e. The van der Waals surface area contributed by atoms with Crippen LogP contribution in [0.3, 0.4) is 0 Å². The van der Waals surface area contributed by atoms with Crippen molar-refractivity contribution in [3.05, 3.63) is 44.6 Å². The summed E-state index contributed by atoms with van der Waals surface area (Å²) in [5.74, 6) is 1.00. The number of nitrogens with one attached hydrogen (secondary N) is 2. The molecule has 6 rings (SSSR count). The fraction of sp³-hybridized carbons (Fsp3) is 0.440. The lowest BCUT2D eigenvalue weighted by atomic mass is 9.87. The number of carbonyl (C=O) groups is 1. The first-order valence-electron chi connectivity index (χ1n) is 12.3. The van der Waals surface area contributed by atoms with Gasteiger partial charge < -0.3 is 19.9 Å². The van der Waals surface area contributed by atoms with Crippen molar-refractivity contribution in [3.63, 3.8) is 0 Å². The molecule has 3 aromatic heterocycles. The van der Waals surface area contributed by atoms with Gasteiger partial charge in [-0.15, -0.1) is 11.3 Å². The van der Waals surface area contributed by atoms with E-state index in [2.05, 4.69) is 25.2 Å². The SMILES string of the molecule is CN(CCN1CCOCC1)C(=O)C1CCc2c(sc3ncnc(Nc4ccc5[nH]c(=O)sc5c4)c23)C1. The van der Waals surface area contributed by atoms with E-state index in [1.165, 1.54) is 21.8 Å². The van der Waals surface area contributed by atoms with Gasteiger partial charge in [0.05, 0.1) is 28.8 Å². The Morgan fingerprint density at radius 2 is 2.14 bits per heavy atom. The first-order chi connectivity index (χ1) is 17.5. The largest absolute Gasteiger partial charge is 0.379 e. The number of nitrogens with zero attached hydrogens (tertiary/aromatic N) is 4. The lowest BCUT2D eigenvalue weighted by molar-refractivity contribution is -0.134. The maximum absolute atomic E-state index is 13.2. The van der Waals surface area contributed by atoms with E-state index in [-0.39, 0.29) is 16.7 Å². The normalized spacial score (nSPS) is 18.4. The maximum Gasteiger partial charge on any atom is 0.305 e. The molecule has 1 aliphatic heterocycles. The minimum Gasteiger partial charge on any atom is -0.379 e. The molecule has 11 heteroatoms. The van der Waals surface area contributed by atoms with Crippen molar-refractivity contribution in [1.82, 2.24) is 24.8 Å². The summed E-state index contributed by atoms with van der Waals surface area (Å²) in [6.07, 6.45) is 4.00. The molecule has 2 aliphatic rings. The number of aromatic amines is 1. The standard InChI is InChI=1S/C25H28N6O3S2/c1-30(6-7-31-8-10-34-11-9-31)24(32)15-2-4-17-19(12-15)35-23-21(17)22(26-14-27-23)28-16-3-5-18-20(13-16)36-25(33)29-18/h3,5,13-15H,2,4,6-12H2,1H3,(H,29,33)(H,26,27,28). The third-order valence-electron chi connectivity index (χ3n) is 7.11. The minimum absolute atomic E-state index is 0.00314. The number of H-pyrrole nitrogens is 1. The van der Waals surface area contributed by atoms with Gasteiger partial charge in [0.1, 0.15) is 17.0 Å². The van der Waals surface area contributed by atoms with Crippen LogP contribution in [-0.4, -0.2) is 77.1 Å². The third-order valence-corrected chi connectivity index (χ3v) is 9.12.